The summed E-state index contributed by atoms with van der Waals surface area (Å²) < 4.78 is 4.69. The number of esters is 1. The summed E-state index contributed by atoms with van der Waals surface area (Å²) in [7, 11) is 3.23. The molecular weight excluding hydrogens is 261 g/mol. The van der Waals surface area contributed by atoms with Gasteiger partial charge in [-0.05, 0) is 31.7 Å². The number of likely N-dealkylation sites (N-methyl/N-ethyl adjacent to an activating group) is 1. The molecular formula is C12H15Cl2NO2. The molecule has 0 saturated heterocycles. The summed E-state index contributed by atoms with van der Waals surface area (Å²) >= 11 is 11.8. The fourth-order valence-corrected chi connectivity index (χ4v) is 1.73. The van der Waals surface area contributed by atoms with Gasteiger partial charge in [-0.1, -0.05) is 29.3 Å². The van der Waals surface area contributed by atoms with Crippen molar-refractivity contribution in [2.75, 3.05) is 14.2 Å². The van der Waals surface area contributed by atoms with Gasteiger partial charge in [0.2, 0.25) is 0 Å². The van der Waals surface area contributed by atoms with Crippen LogP contribution in [0.5, 0.6) is 0 Å². The molecule has 0 spiro atoms. The molecule has 0 bridgehead atoms. The van der Waals surface area contributed by atoms with Crippen LogP contribution in [-0.4, -0.2) is 31.1 Å². The second-order valence-corrected chi connectivity index (χ2v) is 4.68. The van der Waals surface area contributed by atoms with Crippen molar-refractivity contribution in [3.8, 4) is 0 Å². The number of carbonyl (C=O) groups excluding carboxylic acids is 1. The molecule has 3 nitrogen and oxygen atoms in total. The van der Waals surface area contributed by atoms with Gasteiger partial charge >= 0.3 is 5.97 Å². The first-order chi connectivity index (χ1) is 7.95. The topological polar surface area (TPSA) is 29.5 Å². The Morgan fingerprint density at radius 1 is 1.41 bits per heavy atom. The quantitative estimate of drug-likeness (QED) is 0.792. The molecule has 0 aliphatic rings. The van der Waals surface area contributed by atoms with Crippen LogP contribution in [0, 0.1) is 0 Å². The van der Waals surface area contributed by atoms with Gasteiger partial charge in [0.05, 0.1) is 17.2 Å². The second-order valence-electron chi connectivity index (χ2n) is 3.86. The Labute approximate surface area is 111 Å². The van der Waals surface area contributed by atoms with E-state index in [4.69, 9.17) is 23.2 Å². The maximum absolute atomic E-state index is 11.4. The summed E-state index contributed by atoms with van der Waals surface area (Å²) in [6.07, 6.45) is 0. The predicted molar refractivity (Wildman–Crippen MR) is 69.4 cm³/mol. The minimum absolute atomic E-state index is 0.257. The third-order valence-corrected chi connectivity index (χ3v) is 3.36. The van der Waals surface area contributed by atoms with E-state index in [0.717, 1.165) is 5.56 Å². The minimum atomic E-state index is -0.297. The van der Waals surface area contributed by atoms with Crippen molar-refractivity contribution in [2.24, 2.45) is 0 Å². The van der Waals surface area contributed by atoms with Crippen LogP contribution in [0.2, 0.25) is 10.0 Å². The molecule has 1 aromatic carbocycles. The van der Waals surface area contributed by atoms with Gasteiger partial charge in [0.1, 0.15) is 6.04 Å². The SMILES string of the molecule is COC(=O)C(C)N(C)Cc1ccc(Cl)c(Cl)c1. The summed E-state index contributed by atoms with van der Waals surface area (Å²) in [4.78, 5) is 13.2. The van der Waals surface area contributed by atoms with Crippen LogP contribution in [0.15, 0.2) is 18.2 Å². The van der Waals surface area contributed by atoms with Crippen LogP contribution in [0.1, 0.15) is 12.5 Å². The van der Waals surface area contributed by atoms with Crippen LogP contribution in [0.4, 0.5) is 0 Å². The Hall–Kier alpha value is -0.770. The van der Waals surface area contributed by atoms with E-state index >= 15 is 0 Å². The third-order valence-electron chi connectivity index (χ3n) is 2.62. The van der Waals surface area contributed by atoms with Crippen LogP contribution < -0.4 is 0 Å². The van der Waals surface area contributed by atoms with Gasteiger partial charge in [-0.2, -0.15) is 0 Å². The van der Waals surface area contributed by atoms with E-state index in [9.17, 15) is 4.79 Å². The highest BCUT2D eigenvalue weighted by Gasteiger charge is 2.18. The largest absolute Gasteiger partial charge is 0.468 e. The number of halogens is 2. The van der Waals surface area contributed by atoms with Crippen molar-refractivity contribution in [2.45, 2.75) is 19.5 Å². The lowest BCUT2D eigenvalue weighted by atomic mass is 10.2. The zero-order chi connectivity index (χ0) is 13.0. The first kappa shape index (κ1) is 14.3. The van der Waals surface area contributed by atoms with Crippen molar-refractivity contribution in [3.05, 3.63) is 33.8 Å². The molecule has 17 heavy (non-hydrogen) atoms. The second kappa shape index (κ2) is 6.24. The average molecular weight is 276 g/mol. The highest BCUT2D eigenvalue weighted by Crippen LogP contribution is 2.23. The molecule has 5 heteroatoms. The van der Waals surface area contributed by atoms with Crippen LogP contribution in [0.3, 0.4) is 0 Å². The van der Waals surface area contributed by atoms with E-state index < -0.39 is 0 Å². The normalized spacial score (nSPS) is 12.6. The van der Waals surface area contributed by atoms with E-state index in [0.29, 0.717) is 16.6 Å². The molecule has 0 aliphatic heterocycles. The van der Waals surface area contributed by atoms with Gasteiger partial charge in [0.15, 0.2) is 0 Å². The molecule has 1 rings (SSSR count). The molecule has 0 radical (unpaired) electrons. The van der Waals surface area contributed by atoms with E-state index in [-0.39, 0.29) is 12.0 Å². The fraction of sp³-hybridized carbons (Fsp3) is 0.417. The van der Waals surface area contributed by atoms with Gasteiger partial charge in [-0.15, -0.1) is 0 Å². The number of hydrogen-bond acceptors (Lipinski definition) is 3. The lowest BCUT2D eigenvalue weighted by molar-refractivity contribution is -0.145. The van der Waals surface area contributed by atoms with E-state index in [1.807, 2.05) is 18.0 Å². The number of rotatable bonds is 4. The first-order valence-corrected chi connectivity index (χ1v) is 5.93. The standard InChI is InChI=1S/C12H15Cl2NO2/c1-8(12(16)17-3)15(2)7-9-4-5-10(13)11(14)6-9/h4-6,8H,7H2,1-3H3. The van der Waals surface area contributed by atoms with E-state index in [1.165, 1.54) is 7.11 Å². The number of methoxy groups -OCH3 is 1. The highest BCUT2D eigenvalue weighted by molar-refractivity contribution is 6.42. The molecule has 0 amide bonds. The summed E-state index contributed by atoms with van der Waals surface area (Å²) in [6.45, 7) is 2.40. The van der Waals surface area contributed by atoms with Crippen LogP contribution in [0.25, 0.3) is 0 Å². The zero-order valence-electron chi connectivity index (χ0n) is 10.0. The number of benzene rings is 1. The molecule has 0 N–H and O–H groups in total. The van der Waals surface area contributed by atoms with E-state index in [1.54, 1.807) is 19.1 Å². The summed E-state index contributed by atoms with van der Waals surface area (Å²) in [5.41, 5.74) is 0.998. The molecule has 94 valence electrons. The lowest BCUT2D eigenvalue weighted by Crippen LogP contribution is -2.36. The monoisotopic (exact) mass is 275 g/mol. The number of carbonyl (C=O) groups is 1. The van der Waals surface area contributed by atoms with Gasteiger partial charge in [0, 0.05) is 6.54 Å². The molecule has 0 aromatic heterocycles. The van der Waals surface area contributed by atoms with Crippen molar-refractivity contribution in [3.63, 3.8) is 0 Å². The summed E-state index contributed by atoms with van der Waals surface area (Å²) in [6, 6.07) is 5.13. The fourth-order valence-electron chi connectivity index (χ4n) is 1.41. The molecule has 1 atom stereocenters. The Morgan fingerprint density at radius 3 is 2.59 bits per heavy atom. The minimum Gasteiger partial charge on any atom is -0.468 e. The van der Waals surface area contributed by atoms with Crippen molar-refractivity contribution in [1.82, 2.24) is 4.90 Å². The molecule has 0 aliphatic carbocycles. The predicted octanol–water partition coefficient (Wildman–Crippen LogP) is 2.99. The van der Waals surface area contributed by atoms with Crippen LogP contribution in [-0.2, 0) is 16.1 Å². The maximum Gasteiger partial charge on any atom is 0.322 e. The Morgan fingerprint density at radius 2 is 2.06 bits per heavy atom. The molecule has 1 unspecified atom stereocenters. The Balaban J connectivity index is 2.70. The van der Waals surface area contributed by atoms with Crippen molar-refractivity contribution < 1.29 is 9.53 Å². The molecule has 0 heterocycles. The zero-order valence-corrected chi connectivity index (χ0v) is 11.5. The number of ether oxygens (including phenoxy) is 1. The Kier molecular flexibility index (Phi) is 5.25. The van der Waals surface area contributed by atoms with Crippen molar-refractivity contribution >= 4 is 29.2 Å². The summed E-state index contributed by atoms with van der Waals surface area (Å²) in [5, 5.41) is 1.04. The number of hydrogen-bond donors (Lipinski definition) is 0. The maximum atomic E-state index is 11.4. The average Bonchev–Trinajstić information content (AvgIpc) is 2.31. The highest BCUT2D eigenvalue weighted by atomic mass is 35.5. The molecule has 0 fully saturated rings. The van der Waals surface area contributed by atoms with Gasteiger partial charge < -0.3 is 4.74 Å². The van der Waals surface area contributed by atoms with E-state index in [2.05, 4.69) is 4.74 Å². The van der Waals surface area contributed by atoms with Crippen LogP contribution >= 0.6 is 23.2 Å². The summed E-state index contributed by atoms with van der Waals surface area (Å²) in [5.74, 6) is -0.257. The molecule has 1 aromatic rings. The smallest absolute Gasteiger partial charge is 0.322 e. The van der Waals surface area contributed by atoms with Gasteiger partial charge in [-0.25, -0.2) is 0 Å². The van der Waals surface area contributed by atoms with Gasteiger partial charge in [0.25, 0.3) is 0 Å². The third kappa shape index (κ3) is 3.87. The number of nitrogens with zero attached hydrogens (tertiary/aromatic N) is 1. The van der Waals surface area contributed by atoms with Gasteiger partial charge in [-0.3, -0.25) is 9.69 Å². The van der Waals surface area contributed by atoms with Crippen molar-refractivity contribution in [1.29, 1.82) is 0 Å². The Bertz CT molecular complexity index is 409. The lowest BCUT2D eigenvalue weighted by Gasteiger charge is -2.22. The first-order valence-electron chi connectivity index (χ1n) is 5.17. The molecule has 0 saturated carbocycles.